The zero-order chi connectivity index (χ0) is 15.6. The summed E-state index contributed by atoms with van der Waals surface area (Å²) in [5, 5.41) is 0. The quantitative estimate of drug-likeness (QED) is 0.940. The molecule has 0 saturated heterocycles. The number of methoxy groups -OCH3 is 2. The average molecular weight is 293 g/mol. The Bertz CT molecular complexity index is 637. The number of aryl methyl sites for hydroxylation is 1. The van der Waals surface area contributed by atoms with Crippen molar-refractivity contribution in [2.45, 2.75) is 13.0 Å². The molecule has 2 aromatic carbocycles. The molecule has 0 aliphatic carbocycles. The Balaban J connectivity index is 2.49. The monoisotopic (exact) mass is 293 g/mol. The molecule has 0 heterocycles. The third-order valence-electron chi connectivity index (χ3n) is 3.37. The second-order valence-electron chi connectivity index (χ2n) is 4.72. The highest BCUT2D eigenvalue weighted by Gasteiger charge is 2.19. The van der Waals surface area contributed by atoms with Crippen molar-refractivity contribution >= 4 is 0 Å². The van der Waals surface area contributed by atoms with Gasteiger partial charge in [-0.25, -0.2) is 8.78 Å². The maximum Gasteiger partial charge on any atom is 0.164 e. The first-order valence-electron chi connectivity index (χ1n) is 6.41. The van der Waals surface area contributed by atoms with E-state index in [0.29, 0.717) is 17.1 Å². The fourth-order valence-electron chi connectivity index (χ4n) is 2.09. The van der Waals surface area contributed by atoms with Crippen LogP contribution in [0.4, 0.5) is 8.78 Å². The predicted molar refractivity (Wildman–Crippen MR) is 76.7 cm³/mol. The number of nitrogens with two attached hydrogens (primary N) is 1. The molecule has 0 spiro atoms. The SMILES string of the molecule is COc1cc(OC)cc(C(N)c2ccc(C)c(F)c2F)c1. The molecule has 112 valence electrons. The normalized spacial score (nSPS) is 12.1. The van der Waals surface area contributed by atoms with Crippen LogP contribution in [0.5, 0.6) is 11.5 Å². The van der Waals surface area contributed by atoms with E-state index >= 15 is 0 Å². The van der Waals surface area contributed by atoms with Gasteiger partial charge in [-0.3, -0.25) is 0 Å². The highest BCUT2D eigenvalue weighted by atomic mass is 19.2. The van der Waals surface area contributed by atoms with E-state index in [9.17, 15) is 8.78 Å². The lowest BCUT2D eigenvalue weighted by atomic mass is 9.97. The molecule has 0 aromatic heterocycles. The van der Waals surface area contributed by atoms with Gasteiger partial charge < -0.3 is 15.2 Å². The molecule has 1 unspecified atom stereocenters. The van der Waals surface area contributed by atoms with Gasteiger partial charge in [0, 0.05) is 11.6 Å². The van der Waals surface area contributed by atoms with Crippen LogP contribution in [-0.4, -0.2) is 14.2 Å². The lowest BCUT2D eigenvalue weighted by Gasteiger charge is -2.16. The van der Waals surface area contributed by atoms with Crippen molar-refractivity contribution in [3.05, 3.63) is 58.7 Å². The molecule has 2 rings (SSSR count). The van der Waals surface area contributed by atoms with Gasteiger partial charge in [0.15, 0.2) is 11.6 Å². The Morgan fingerprint density at radius 2 is 1.52 bits per heavy atom. The van der Waals surface area contributed by atoms with Gasteiger partial charge in [-0.15, -0.1) is 0 Å². The molecule has 0 fully saturated rings. The fraction of sp³-hybridized carbons (Fsp3) is 0.250. The highest BCUT2D eigenvalue weighted by Crippen LogP contribution is 2.30. The molecule has 1 atom stereocenters. The van der Waals surface area contributed by atoms with E-state index in [4.69, 9.17) is 15.2 Å². The van der Waals surface area contributed by atoms with Gasteiger partial charge >= 0.3 is 0 Å². The minimum Gasteiger partial charge on any atom is -0.497 e. The topological polar surface area (TPSA) is 44.5 Å². The molecule has 0 aliphatic heterocycles. The molecule has 0 saturated carbocycles. The summed E-state index contributed by atoms with van der Waals surface area (Å²) >= 11 is 0. The number of halogens is 2. The Morgan fingerprint density at radius 1 is 0.952 bits per heavy atom. The molecule has 0 amide bonds. The van der Waals surface area contributed by atoms with Crippen molar-refractivity contribution in [3.8, 4) is 11.5 Å². The van der Waals surface area contributed by atoms with E-state index in [1.165, 1.54) is 33.3 Å². The van der Waals surface area contributed by atoms with Gasteiger partial charge in [0.1, 0.15) is 11.5 Å². The molecule has 3 nitrogen and oxygen atoms in total. The second kappa shape index (κ2) is 6.10. The first kappa shape index (κ1) is 15.3. The summed E-state index contributed by atoms with van der Waals surface area (Å²) in [6, 6.07) is 7.20. The zero-order valence-corrected chi connectivity index (χ0v) is 12.1. The van der Waals surface area contributed by atoms with E-state index in [1.54, 1.807) is 18.2 Å². The van der Waals surface area contributed by atoms with Crippen molar-refractivity contribution in [2.75, 3.05) is 14.2 Å². The lowest BCUT2D eigenvalue weighted by molar-refractivity contribution is 0.393. The van der Waals surface area contributed by atoms with Crippen molar-refractivity contribution in [2.24, 2.45) is 5.73 Å². The van der Waals surface area contributed by atoms with Crippen molar-refractivity contribution in [1.82, 2.24) is 0 Å². The lowest BCUT2D eigenvalue weighted by Crippen LogP contribution is -2.15. The van der Waals surface area contributed by atoms with Gasteiger partial charge in [-0.1, -0.05) is 12.1 Å². The smallest absolute Gasteiger partial charge is 0.164 e. The van der Waals surface area contributed by atoms with E-state index in [0.717, 1.165) is 0 Å². The summed E-state index contributed by atoms with van der Waals surface area (Å²) in [5.74, 6) is -0.734. The van der Waals surface area contributed by atoms with Crippen LogP contribution in [0.15, 0.2) is 30.3 Å². The van der Waals surface area contributed by atoms with Gasteiger partial charge in [-0.2, -0.15) is 0 Å². The predicted octanol–water partition coefficient (Wildman–Crippen LogP) is 3.34. The van der Waals surface area contributed by atoms with E-state index in [-0.39, 0.29) is 11.1 Å². The largest absolute Gasteiger partial charge is 0.497 e. The standard InChI is InChI=1S/C16H17F2NO2/c1-9-4-5-13(15(18)14(9)17)16(19)10-6-11(20-2)8-12(7-10)21-3/h4-8,16H,19H2,1-3H3. The molecule has 5 heteroatoms. The van der Waals surface area contributed by atoms with Crippen LogP contribution < -0.4 is 15.2 Å². The van der Waals surface area contributed by atoms with E-state index < -0.39 is 17.7 Å². The number of rotatable bonds is 4. The summed E-state index contributed by atoms with van der Waals surface area (Å²) < 4.78 is 38.0. The third-order valence-corrected chi connectivity index (χ3v) is 3.37. The summed E-state index contributed by atoms with van der Waals surface area (Å²) in [7, 11) is 3.02. The van der Waals surface area contributed by atoms with Crippen LogP contribution in [-0.2, 0) is 0 Å². The van der Waals surface area contributed by atoms with Crippen LogP contribution in [0.25, 0.3) is 0 Å². The molecule has 21 heavy (non-hydrogen) atoms. The number of ether oxygens (including phenoxy) is 2. The van der Waals surface area contributed by atoms with Crippen LogP contribution in [0.1, 0.15) is 22.7 Å². The van der Waals surface area contributed by atoms with Gasteiger partial charge in [0.2, 0.25) is 0 Å². The van der Waals surface area contributed by atoms with E-state index in [1.807, 2.05) is 0 Å². The summed E-state index contributed by atoms with van der Waals surface area (Å²) in [6.07, 6.45) is 0. The van der Waals surface area contributed by atoms with E-state index in [2.05, 4.69) is 0 Å². The molecular formula is C16H17F2NO2. The summed E-state index contributed by atoms with van der Waals surface area (Å²) in [5.41, 5.74) is 6.98. The van der Waals surface area contributed by atoms with Crippen molar-refractivity contribution in [1.29, 1.82) is 0 Å². The van der Waals surface area contributed by atoms with Crippen molar-refractivity contribution in [3.63, 3.8) is 0 Å². The first-order valence-corrected chi connectivity index (χ1v) is 6.41. The average Bonchev–Trinajstić information content (AvgIpc) is 2.51. The Hall–Kier alpha value is -2.14. The number of benzene rings is 2. The molecule has 0 bridgehead atoms. The highest BCUT2D eigenvalue weighted by molar-refractivity contribution is 5.43. The van der Waals surface area contributed by atoms with Crippen LogP contribution in [0, 0.1) is 18.6 Å². The Labute approximate surface area is 122 Å². The van der Waals surface area contributed by atoms with Gasteiger partial charge in [-0.05, 0) is 30.2 Å². The van der Waals surface area contributed by atoms with Gasteiger partial charge in [0.25, 0.3) is 0 Å². The minimum absolute atomic E-state index is 0.0911. The van der Waals surface area contributed by atoms with Crippen molar-refractivity contribution < 1.29 is 18.3 Å². The Kier molecular flexibility index (Phi) is 4.43. The van der Waals surface area contributed by atoms with Crippen LogP contribution in [0.3, 0.4) is 0 Å². The maximum absolute atomic E-state index is 14.0. The van der Waals surface area contributed by atoms with Crippen LogP contribution >= 0.6 is 0 Å². The van der Waals surface area contributed by atoms with Gasteiger partial charge in [0.05, 0.1) is 20.3 Å². The summed E-state index contributed by atoms with van der Waals surface area (Å²) in [4.78, 5) is 0. The molecule has 0 radical (unpaired) electrons. The van der Waals surface area contributed by atoms with Crippen LogP contribution in [0.2, 0.25) is 0 Å². The third kappa shape index (κ3) is 2.97. The second-order valence-corrected chi connectivity index (χ2v) is 4.72. The maximum atomic E-state index is 14.0. The number of hydrogen-bond acceptors (Lipinski definition) is 3. The number of hydrogen-bond donors (Lipinski definition) is 1. The minimum atomic E-state index is -0.927. The summed E-state index contributed by atoms with van der Waals surface area (Å²) in [6.45, 7) is 1.50. The molecular weight excluding hydrogens is 276 g/mol. The molecule has 2 aromatic rings. The first-order chi connectivity index (χ1) is 9.97. The molecule has 2 N–H and O–H groups in total. The molecule has 0 aliphatic rings. The Morgan fingerprint density at radius 3 is 2.05 bits per heavy atom. The zero-order valence-electron chi connectivity index (χ0n) is 12.1. The fourth-order valence-corrected chi connectivity index (χ4v) is 2.09.